The van der Waals surface area contributed by atoms with Gasteiger partial charge in [-0.15, -0.1) is 0 Å². The predicted octanol–water partition coefficient (Wildman–Crippen LogP) is 3.41. The minimum absolute atomic E-state index is 0.0229. The normalized spacial score (nSPS) is 25.1. The highest BCUT2D eigenvalue weighted by atomic mass is 16.5. The van der Waals surface area contributed by atoms with Gasteiger partial charge in [0.2, 0.25) is 17.7 Å². The highest BCUT2D eigenvalue weighted by Gasteiger charge is 2.53. The van der Waals surface area contributed by atoms with Crippen LogP contribution in [0, 0.1) is 11.3 Å². The molecule has 0 spiro atoms. The number of methoxy groups -OCH3 is 1. The molecule has 0 radical (unpaired) electrons. The van der Waals surface area contributed by atoms with Crippen molar-refractivity contribution in [2.24, 2.45) is 17.1 Å². The number of anilines is 1. The van der Waals surface area contributed by atoms with E-state index < -0.39 is 22.7 Å². The first-order valence-corrected chi connectivity index (χ1v) is 14.4. The van der Waals surface area contributed by atoms with E-state index in [9.17, 15) is 14.4 Å². The summed E-state index contributed by atoms with van der Waals surface area (Å²) in [7, 11) is 3.51. The van der Waals surface area contributed by atoms with Crippen LogP contribution >= 0.6 is 0 Å². The van der Waals surface area contributed by atoms with E-state index in [4.69, 9.17) is 10.5 Å². The number of hydrogen-bond acceptors (Lipinski definition) is 5. The third-order valence-electron chi connectivity index (χ3n) is 9.72. The number of benzene rings is 2. The van der Waals surface area contributed by atoms with Crippen molar-refractivity contribution in [2.45, 2.75) is 69.9 Å². The summed E-state index contributed by atoms with van der Waals surface area (Å²) in [5.74, 6) is -0.157. The summed E-state index contributed by atoms with van der Waals surface area (Å²) in [5, 5.41) is 3.29. The molecule has 214 valence electrons. The number of nitrogens with zero attached hydrogens (tertiary/aromatic N) is 2. The molecule has 0 aromatic heterocycles. The number of fused-ring (bicyclic) bond motifs is 1. The molecule has 2 aromatic carbocycles. The van der Waals surface area contributed by atoms with Crippen molar-refractivity contribution >= 4 is 23.4 Å². The molecule has 8 nitrogen and oxygen atoms in total. The smallest absolute Gasteiger partial charge is 0.237 e. The maximum Gasteiger partial charge on any atom is 0.237 e. The van der Waals surface area contributed by atoms with Gasteiger partial charge in [0.25, 0.3) is 0 Å². The van der Waals surface area contributed by atoms with Gasteiger partial charge in [-0.1, -0.05) is 30.3 Å². The first-order chi connectivity index (χ1) is 19.1. The molecule has 3 atom stereocenters. The topological polar surface area (TPSA) is 105 Å². The minimum atomic E-state index is -0.918. The van der Waals surface area contributed by atoms with Crippen molar-refractivity contribution in [1.82, 2.24) is 10.2 Å². The van der Waals surface area contributed by atoms with Gasteiger partial charge in [-0.3, -0.25) is 14.4 Å². The molecule has 2 unspecified atom stereocenters. The van der Waals surface area contributed by atoms with Gasteiger partial charge in [0.05, 0.1) is 23.9 Å². The molecule has 2 fully saturated rings. The molecular weight excluding hydrogens is 504 g/mol. The van der Waals surface area contributed by atoms with Crippen molar-refractivity contribution < 1.29 is 19.1 Å². The van der Waals surface area contributed by atoms with Crippen LogP contribution in [0.25, 0.3) is 0 Å². The lowest BCUT2D eigenvalue weighted by atomic mass is 9.69. The third kappa shape index (κ3) is 4.76. The zero-order valence-electron chi connectivity index (χ0n) is 24.1. The summed E-state index contributed by atoms with van der Waals surface area (Å²) in [5.41, 5.74) is 7.61. The zero-order valence-corrected chi connectivity index (χ0v) is 24.1. The Labute approximate surface area is 237 Å². The van der Waals surface area contributed by atoms with Gasteiger partial charge in [0, 0.05) is 30.9 Å². The van der Waals surface area contributed by atoms with Crippen LogP contribution in [0.4, 0.5) is 5.69 Å². The molecule has 8 heteroatoms. The second-order valence-corrected chi connectivity index (χ2v) is 12.2. The van der Waals surface area contributed by atoms with Gasteiger partial charge in [-0.2, -0.15) is 0 Å². The van der Waals surface area contributed by atoms with E-state index in [1.807, 2.05) is 79.2 Å². The summed E-state index contributed by atoms with van der Waals surface area (Å²) in [6.07, 6.45) is 3.73. The molecule has 2 aromatic rings. The number of likely N-dealkylation sites (tertiary alicyclic amines) is 1. The Kier molecular flexibility index (Phi) is 7.66. The fourth-order valence-corrected chi connectivity index (χ4v) is 7.25. The monoisotopic (exact) mass is 546 g/mol. The molecule has 40 heavy (non-hydrogen) atoms. The first-order valence-electron chi connectivity index (χ1n) is 14.4. The molecule has 1 saturated heterocycles. The number of nitrogens with one attached hydrogen (secondary N) is 1. The summed E-state index contributed by atoms with van der Waals surface area (Å²) in [6.45, 7) is 5.04. The number of rotatable bonds is 8. The number of para-hydroxylation sites is 1. The van der Waals surface area contributed by atoms with Crippen molar-refractivity contribution in [1.29, 1.82) is 0 Å². The lowest BCUT2D eigenvalue weighted by molar-refractivity contribution is -0.148. The fourth-order valence-electron chi connectivity index (χ4n) is 7.25. The Morgan fingerprint density at radius 2 is 1.82 bits per heavy atom. The average Bonchev–Trinajstić information content (AvgIpc) is 3.50. The van der Waals surface area contributed by atoms with E-state index >= 15 is 0 Å². The quantitative estimate of drug-likeness (QED) is 0.528. The second kappa shape index (κ2) is 10.9. The number of carbonyl (C=O) groups excluding carboxylic acids is 3. The molecule has 3 amide bonds. The summed E-state index contributed by atoms with van der Waals surface area (Å²) in [4.78, 5) is 44.8. The standard InChI is InChI=1S/C32H42N4O4/c1-31(2)25-10-5-6-11-27(25)36(30(31)39)23-13-16-35(17-14-23)28(37)26(19-21-8-7-9-24(18-21)40-4)32(29(33)38)15-12-22(20-32)34-3/h5-11,18,22-23,26,34H,12-17,19-20H2,1-4H3,(H2,33,38)/t22?,26-,32?/m1/s1. The SMILES string of the molecule is CNC1CCC(C(N)=O)([C@H](Cc2cccc(OC)c2)C(=O)N2CCC(N3C(=O)C(C)(C)c4ccccc43)CC2)C1. The minimum Gasteiger partial charge on any atom is -0.497 e. The van der Waals surface area contributed by atoms with Crippen LogP contribution in [0.3, 0.4) is 0 Å². The zero-order chi connectivity index (χ0) is 28.7. The molecule has 1 aliphatic carbocycles. The summed E-state index contributed by atoms with van der Waals surface area (Å²) in [6, 6.07) is 15.9. The van der Waals surface area contributed by atoms with E-state index in [0.717, 1.165) is 29.0 Å². The van der Waals surface area contributed by atoms with Crippen LogP contribution in [0.1, 0.15) is 57.1 Å². The van der Waals surface area contributed by atoms with Crippen molar-refractivity contribution in [3.05, 3.63) is 59.7 Å². The van der Waals surface area contributed by atoms with Crippen LogP contribution < -0.4 is 20.7 Å². The lowest BCUT2D eigenvalue weighted by Gasteiger charge is -2.42. The van der Waals surface area contributed by atoms with Gasteiger partial charge in [-0.25, -0.2) is 0 Å². The molecule has 2 heterocycles. The van der Waals surface area contributed by atoms with E-state index in [2.05, 4.69) is 5.32 Å². The maximum atomic E-state index is 14.3. The van der Waals surface area contributed by atoms with Crippen LogP contribution in [-0.2, 0) is 26.2 Å². The molecular formula is C32H42N4O4. The van der Waals surface area contributed by atoms with Crippen molar-refractivity contribution in [3.8, 4) is 5.75 Å². The summed E-state index contributed by atoms with van der Waals surface area (Å²) >= 11 is 0. The molecule has 0 bridgehead atoms. The molecule has 1 saturated carbocycles. The first kappa shape index (κ1) is 28.1. The van der Waals surface area contributed by atoms with Gasteiger partial charge in [0.1, 0.15) is 5.75 Å². The van der Waals surface area contributed by atoms with E-state index in [0.29, 0.717) is 45.2 Å². The van der Waals surface area contributed by atoms with Crippen molar-refractivity contribution in [2.75, 3.05) is 32.1 Å². The number of ether oxygens (including phenoxy) is 1. The number of carbonyl (C=O) groups is 3. The van der Waals surface area contributed by atoms with Crippen LogP contribution in [0.2, 0.25) is 0 Å². The number of piperidine rings is 1. The van der Waals surface area contributed by atoms with Gasteiger partial charge < -0.3 is 25.6 Å². The maximum absolute atomic E-state index is 14.3. The fraction of sp³-hybridized carbons (Fsp3) is 0.531. The van der Waals surface area contributed by atoms with Crippen LogP contribution in [-0.4, -0.2) is 62.0 Å². The number of amides is 3. The Bertz CT molecular complexity index is 1290. The van der Waals surface area contributed by atoms with E-state index in [-0.39, 0.29) is 23.9 Å². The largest absolute Gasteiger partial charge is 0.497 e. The van der Waals surface area contributed by atoms with Crippen LogP contribution in [0.15, 0.2) is 48.5 Å². The van der Waals surface area contributed by atoms with E-state index in [1.54, 1.807) is 7.11 Å². The predicted molar refractivity (Wildman–Crippen MR) is 155 cm³/mol. The highest BCUT2D eigenvalue weighted by Crippen LogP contribution is 2.47. The second-order valence-electron chi connectivity index (χ2n) is 12.2. The van der Waals surface area contributed by atoms with Gasteiger partial charge in [0.15, 0.2) is 0 Å². The van der Waals surface area contributed by atoms with Gasteiger partial charge in [-0.05, 0) is 88.7 Å². The van der Waals surface area contributed by atoms with Crippen LogP contribution in [0.5, 0.6) is 5.75 Å². The summed E-state index contributed by atoms with van der Waals surface area (Å²) < 4.78 is 5.43. The molecule has 3 aliphatic rings. The van der Waals surface area contributed by atoms with Crippen molar-refractivity contribution in [3.63, 3.8) is 0 Å². The lowest BCUT2D eigenvalue weighted by Crippen LogP contribution is -2.54. The number of hydrogen-bond donors (Lipinski definition) is 2. The molecule has 3 N–H and O–H groups in total. The van der Waals surface area contributed by atoms with E-state index in [1.165, 1.54) is 0 Å². The third-order valence-corrected chi connectivity index (χ3v) is 9.72. The number of nitrogens with two attached hydrogens (primary N) is 1. The Balaban J connectivity index is 1.38. The number of primary amides is 1. The Morgan fingerprint density at radius 3 is 2.48 bits per heavy atom. The highest BCUT2D eigenvalue weighted by molar-refractivity contribution is 6.08. The molecule has 2 aliphatic heterocycles. The Hall–Kier alpha value is -3.39. The Morgan fingerprint density at radius 1 is 1.10 bits per heavy atom. The van der Waals surface area contributed by atoms with Gasteiger partial charge >= 0.3 is 0 Å². The molecule has 5 rings (SSSR count). The average molecular weight is 547 g/mol.